The number of carboxylic acids is 1. The monoisotopic (exact) mass is 512 g/mol. The van der Waals surface area contributed by atoms with Crippen molar-refractivity contribution < 1.29 is 28.2 Å². The van der Waals surface area contributed by atoms with Crippen LogP contribution in [0.1, 0.15) is 44.0 Å². The summed E-state index contributed by atoms with van der Waals surface area (Å²) in [4.78, 5) is 24.9. The van der Waals surface area contributed by atoms with Crippen LogP contribution in [0.4, 0.5) is 24.8 Å². The molecule has 5 rings (SSSR count). The number of carbonyl (C=O) groups is 1. The lowest BCUT2D eigenvalue weighted by Crippen LogP contribution is -2.23. The van der Waals surface area contributed by atoms with E-state index in [1.165, 1.54) is 17.4 Å². The summed E-state index contributed by atoms with van der Waals surface area (Å²) in [6.07, 6.45) is -0.930. The van der Waals surface area contributed by atoms with E-state index in [9.17, 15) is 28.2 Å². The van der Waals surface area contributed by atoms with Crippen molar-refractivity contribution in [2.75, 3.05) is 5.32 Å². The topological polar surface area (TPSA) is 108 Å². The second kappa shape index (κ2) is 8.68. The number of rotatable bonds is 5. The molecule has 36 heavy (non-hydrogen) atoms. The molecule has 7 nitrogen and oxygen atoms in total. The van der Waals surface area contributed by atoms with Crippen LogP contribution in [0.3, 0.4) is 0 Å². The molecule has 0 amide bonds. The summed E-state index contributed by atoms with van der Waals surface area (Å²) in [5, 5.41) is 24.0. The van der Waals surface area contributed by atoms with E-state index in [-0.39, 0.29) is 11.4 Å². The maximum atomic E-state index is 13.0. The number of pyridine rings is 2. The Morgan fingerprint density at radius 3 is 2.67 bits per heavy atom. The van der Waals surface area contributed by atoms with Crippen molar-refractivity contribution in [3.8, 4) is 10.6 Å². The summed E-state index contributed by atoms with van der Waals surface area (Å²) in [6, 6.07) is 9.98. The normalized spacial score (nSPS) is 17.1. The summed E-state index contributed by atoms with van der Waals surface area (Å²) < 4.78 is 39.1. The van der Waals surface area contributed by atoms with Crippen LogP contribution in [0, 0.1) is 6.92 Å². The van der Waals surface area contributed by atoms with Gasteiger partial charge in [-0.3, -0.25) is 0 Å². The first-order valence-electron chi connectivity index (χ1n) is 10.9. The van der Waals surface area contributed by atoms with Gasteiger partial charge in [0.05, 0.1) is 21.7 Å². The molecule has 3 aromatic heterocycles. The largest absolute Gasteiger partial charge is 0.478 e. The Labute approximate surface area is 207 Å². The average molecular weight is 513 g/mol. The van der Waals surface area contributed by atoms with Gasteiger partial charge in [0.15, 0.2) is 0 Å². The van der Waals surface area contributed by atoms with Crippen molar-refractivity contribution in [1.29, 1.82) is 0 Å². The third-order valence-corrected chi connectivity index (χ3v) is 7.15. The fourth-order valence-corrected chi connectivity index (χ4v) is 5.27. The molecule has 4 aromatic rings. The SMILES string of the molecule is Cc1cc(Nc2cc(C(F)(F)F)ccn2)nc(-c2cnc(C3(O)CCc4cc(C(=O)O)ccc43)s2)c1. The van der Waals surface area contributed by atoms with Crippen LogP contribution in [0.15, 0.2) is 54.9 Å². The number of aliphatic hydroxyl groups is 1. The van der Waals surface area contributed by atoms with E-state index in [0.717, 1.165) is 29.5 Å². The molecule has 3 heterocycles. The van der Waals surface area contributed by atoms with Crippen LogP contribution >= 0.6 is 11.3 Å². The first kappa shape index (κ1) is 23.9. The molecule has 1 aromatic carbocycles. The Balaban J connectivity index is 1.44. The minimum Gasteiger partial charge on any atom is -0.478 e. The van der Waals surface area contributed by atoms with Crippen molar-refractivity contribution in [2.45, 2.75) is 31.5 Å². The molecular weight excluding hydrogens is 493 g/mol. The van der Waals surface area contributed by atoms with Crippen molar-refractivity contribution in [2.24, 2.45) is 0 Å². The van der Waals surface area contributed by atoms with Gasteiger partial charge in [-0.1, -0.05) is 6.07 Å². The van der Waals surface area contributed by atoms with Crippen LogP contribution in [0.2, 0.25) is 0 Å². The molecule has 1 aliphatic carbocycles. The Bertz CT molecular complexity index is 1490. The molecular formula is C25H19F3N4O3S. The molecule has 0 bridgehead atoms. The van der Waals surface area contributed by atoms with Crippen LogP contribution in [-0.2, 0) is 18.2 Å². The quantitative estimate of drug-likeness (QED) is 0.322. The summed E-state index contributed by atoms with van der Waals surface area (Å²) in [5.74, 6) is -0.700. The number of hydrogen-bond acceptors (Lipinski definition) is 7. The van der Waals surface area contributed by atoms with E-state index in [0.29, 0.717) is 39.8 Å². The average Bonchev–Trinajstić information content (AvgIpc) is 3.44. The minimum absolute atomic E-state index is 0.0106. The van der Waals surface area contributed by atoms with Gasteiger partial charge < -0.3 is 15.5 Å². The predicted octanol–water partition coefficient (Wildman–Crippen LogP) is 5.55. The van der Waals surface area contributed by atoms with Gasteiger partial charge >= 0.3 is 12.1 Å². The van der Waals surface area contributed by atoms with E-state index < -0.39 is 23.3 Å². The van der Waals surface area contributed by atoms with Gasteiger partial charge in [-0.2, -0.15) is 13.2 Å². The van der Waals surface area contributed by atoms with E-state index in [1.807, 2.05) is 13.0 Å². The molecule has 1 unspecified atom stereocenters. The number of hydrogen-bond donors (Lipinski definition) is 3. The summed E-state index contributed by atoms with van der Waals surface area (Å²) in [7, 11) is 0. The number of aromatic carboxylic acids is 1. The van der Waals surface area contributed by atoms with Crippen molar-refractivity contribution >= 4 is 28.9 Å². The van der Waals surface area contributed by atoms with Crippen LogP contribution < -0.4 is 5.32 Å². The number of aromatic nitrogens is 3. The molecule has 3 N–H and O–H groups in total. The highest BCUT2D eigenvalue weighted by Gasteiger charge is 2.41. The van der Waals surface area contributed by atoms with E-state index in [2.05, 4.69) is 20.3 Å². The van der Waals surface area contributed by atoms with Crippen LogP contribution in [-0.4, -0.2) is 31.1 Å². The van der Waals surface area contributed by atoms with Gasteiger partial charge in [0.2, 0.25) is 0 Å². The number of nitrogens with zero attached hydrogens (tertiary/aromatic N) is 3. The summed E-state index contributed by atoms with van der Waals surface area (Å²) in [6.45, 7) is 1.83. The van der Waals surface area contributed by atoms with Crippen molar-refractivity contribution in [1.82, 2.24) is 15.0 Å². The highest BCUT2D eigenvalue weighted by atomic mass is 32.1. The Kier molecular flexibility index (Phi) is 5.76. The number of halogens is 3. The Morgan fingerprint density at radius 1 is 1.11 bits per heavy atom. The molecule has 11 heteroatoms. The van der Waals surface area contributed by atoms with Gasteiger partial charge in [0.1, 0.15) is 22.2 Å². The Hall–Kier alpha value is -3.83. The van der Waals surface area contributed by atoms with Gasteiger partial charge in [0, 0.05) is 12.4 Å². The molecule has 1 atom stereocenters. The summed E-state index contributed by atoms with van der Waals surface area (Å²) >= 11 is 1.25. The van der Waals surface area contributed by atoms with Gasteiger partial charge in [-0.05, 0) is 72.9 Å². The van der Waals surface area contributed by atoms with Gasteiger partial charge in [0.25, 0.3) is 0 Å². The molecule has 184 valence electrons. The smallest absolute Gasteiger partial charge is 0.416 e. The number of benzene rings is 1. The lowest BCUT2D eigenvalue weighted by Gasteiger charge is -2.21. The third kappa shape index (κ3) is 4.42. The molecule has 0 saturated carbocycles. The maximum Gasteiger partial charge on any atom is 0.416 e. The molecule has 0 radical (unpaired) electrons. The number of aryl methyl sites for hydroxylation is 2. The minimum atomic E-state index is -4.49. The first-order valence-corrected chi connectivity index (χ1v) is 11.7. The van der Waals surface area contributed by atoms with E-state index in [4.69, 9.17) is 0 Å². The number of nitrogens with one attached hydrogen (secondary N) is 1. The zero-order chi connectivity index (χ0) is 25.7. The molecule has 0 saturated heterocycles. The summed E-state index contributed by atoms with van der Waals surface area (Å²) in [5.41, 5.74) is 0.748. The third-order valence-electron chi connectivity index (χ3n) is 5.98. The second-order valence-electron chi connectivity index (χ2n) is 8.53. The fourth-order valence-electron chi connectivity index (χ4n) is 4.26. The number of alkyl halides is 3. The zero-order valence-electron chi connectivity index (χ0n) is 18.8. The van der Waals surface area contributed by atoms with Gasteiger partial charge in [-0.25, -0.2) is 19.7 Å². The molecule has 0 aliphatic heterocycles. The van der Waals surface area contributed by atoms with Gasteiger partial charge in [-0.15, -0.1) is 11.3 Å². The maximum absolute atomic E-state index is 13.0. The highest BCUT2D eigenvalue weighted by Crippen LogP contribution is 2.45. The second-order valence-corrected chi connectivity index (χ2v) is 9.57. The van der Waals surface area contributed by atoms with Crippen LogP contribution in [0.25, 0.3) is 10.6 Å². The standard InChI is InChI=1S/C25H19F3N4O3S/c1-13-8-18(31-21(9-13)32-20-11-16(5-7-29-20)25(26,27)28)19-12-30-23(36-19)24(35)6-4-14-10-15(22(33)34)2-3-17(14)24/h2-3,5,7-12,35H,4,6H2,1H3,(H,33,34)(H,29,31,32). The number of carboxylic acid groups (broad SMARTS) is 1. The van der Waals surface area contributed by atoms with E-state index in [1.54, 1.807) is 24.4 Å². The highest BCUT2D eigenvalue weighted by molar-refractivity contribution is 7.15. The zero-order valence-corrected chi connectivity index (χ0v) is 19.6. The predicted molar refractivity (Wildman–Crippen MR) is 127 cm³/mol. The van der Waals surface area contributed by atoms with Crippen molar-refractivity contribution in [3.63, 3.8) is 0 Å². The fraction of sp³-hybridized carbons (Fsp3) is 0.200. The lowest BCUT2D eigenvalue weighted by molar-refractivity contribution is -0.137. The molecule has 1 aliphatic rings. The Morgan fingerprint density at radius 2 is 1.92 bits per heavy atom. The first-order chi connectivity index (χ1) is 17.0. The lowest BCUT2D eigenvalue weighted by atomic mass is 9.96. The number of anilines is 2. The van der Waals surface area contributed by atoms with Crippen LogP contribution in [0.5, 0.6) is 0 Å². The number of fused-ring (bicyclic) bond motifs is 1. The molecule has 0 fully saturated rings. The number of thiazole rings is 1. The van der Waals surface area contributed by atoms with Crippen molar-refractivity contribution in [3.05, 3.63) is 87.7 Å². The molecule has 0 spiro atoms. The van der Waals surface area contributed by atoms with E-state index >= 15 is 0 Å².